The molecule has 0 aromatic carbocycles. The second-order valence-electron chi connectivity index (χ2n) is 4.35. The highest BCUT2D eigenvalue weighted by Gasteiger charge is 2.16. The van der Waals surface area contributed by atoms with Crippen molar-refractivity contribution in [3.8, 4) is 0 Å². The molecule has 7 nitrogen and oxygen atoms in total. The molecule has 0 aliphatic carbocycles. The summed E-state index contributed by atoms with van der Waals surface area (Å²) in [7, 11) is 0. The molecule has 0 bridgehead atoms. The highest BCUT2D eigenvalue weighted by atomic mass is 16.6. The van der Waals surface area contributed by atoms with Crippen molar-refractivity contribution >= 4 is 18.0 Å². The lowest BCUT2D eigenvalue weighted by Gasteiger charge is -2.19. The summed E-state index contributed by atoms with van der Waals surface area (Å²) in [5.41, 5.74) is -0.621. The van der Waals surface area contributed by atoms with Crippen LogP contribution in [0, 0.1) is 0 Å². The van der Waals surface area contributed by atoms with Gasteiger partial charge >= 0.3 is 12.1 Å². The van der Waals surface area contributed by atoms with E-state index in [9.17, 15) is 14.4 Å². The average molecular weight is 246 g/mol. The van der Waals surface area contributed by atoms with Gasteiger partial charge in [0.15, 0.2) is 0 Å². The smallest absolute Gasteiger partial charge is 0.408 e. The minimum absolute atomic E-state index is 0.0319. The Hall–Kier alpha value is -1.79. The fourth-order valence-electron chi connectivity index (χ4n) is 0.838. The third kappa shape index (κ3) is 10.5. The molecule has 2 amide bonds. The van der Waals surface area contributed by atoms with Gasteiger partial charge in [-0.15, -0.1) is 0 Å². The maximum Gasteiger partial charge on any atom is 0.408 e. The number of ether oxygens (including phenoxy) is 1. The molecule has 7 heteroatoms. The molecule has 0 fully saturated rings. The van der Waals surface area contributed by atoms with Crippen molar-refractivity contribution in [2.24, 2.45) is 0 Å². The Morgan fingerprint density at radius 3 is 2.24 bits per heavy atom. The maximum atomic E-state index is 11.1. The van der Waals surface area contributed by atoms with Gasteiger partial charge in [-0.05, 0) is 20.8 Å². The first-order valence-corrected chi connectivity index (χ1v) is 5.16. The van der Waals surface area contributed by atoms with Crippen molar-refractivity contribution in [3.63, 3.8) is 0 Å². The van der Waals surface area contributed by atoms with E-state index in [0.29, 0.717) is 0 Å². The van der Waals surface area contributed by atoms with Crippen LogP contribution in [0.4, 0.5) is 4.79 Å². The zero-order chi connectivity index (χ0) is 13.5. The summed E-state index contributed by atoms with van der Waals surface area (Å²) in [6, 6.07) is 0. The predicted octanol–water partition coefficient (Wildman–Crippen LogP) is 0.102. The lowest BCUT2D eigenvalue weighted by atomic mass is 10.2. The second-order valence-corrected chi connectivity index (χ2v) is 4.35. The molecule has 0 aromatic rings. The number of carbonyl (C=O) groups is 3. The van der Waals surface area contributed by atoms with Crippen LogP contribution in [0.1, 0.15) is 27.2 Å². The summed E-state index contributed by atoms with van der Waals surface area (Å²) in [5, 5.41) is 12.9. The zero-order valence-corrected chi connectivity index (χ0v) is 10.2. The SMILES string of the molecule is CC(C)(C)OC(=O)NCC(=O)NCCC(=O)O. The molecule has 0 aromatic heterocycles. The van der Waals surface area contributed by atoms with Crippen molar-refractivity contribution in [2.75, 3.05) is 13.1 Å². The molecule has 0 heterocycles. The van der Waals surface area contributed by atoms with E-state index in [0.717, 1.165) is 0 Å². The minimum Gasteiger partial charge on any atom is -0.481 e. The van der Waals surface area contributed by atoms with E-state index in [1.807, 2.05) is 0 Å². The van der Waals surface area contributed by atoms with Crippen molar-refractivity contribution in [3.05, 3.63) is 0 Å². The second kappa shape index (κ2) is 6.72. The van der Waals surface area contributed by atoms with Crippen molar-refractivity contribution in [1.29, 1.82) is 0 Å². The Kier molecular flexibility index (Phi) is 6.01. The largest absolute Gasteiger partial charge is 0.481 e. The lowest BCUT2D eigenvalue weighted by Crippen LogP contribution is -2.40. The van der Waals surface area contributed by atoms with Gasteiger partial charge in [0.1, 0.15) is 5.60 Å². The number of carboxylic acid groups (broad SMARTS) is 1. The first-order chi connectivity index (χ1) is 7.70. The topological polar surface area (TPSA) is 105 Å². The van der Waals surface area contributed by atoms with E-state index >= 15 is 0 Å². The average Bonchev–Trinajstić information content (AvgIpc) is 2.11. The fraction of sp³-hybridized carbons (Fsp3) is 0.700. The molecule has 0 radical (unpaired) electrons. The molecule has 0 spiro atoms. The number of rotatable bonds is 5. The minimum atomic E-state index is -0.995. The van der Waals surface area contributed by atoms with Crippen LogP contribution in [0.25, 0.3) is 0 Å². The van der Waals surface area contributed by atoms with Gasteiger partial charge in [0, 0.05) is 6.54 Å². The summed E-state index contributed by atoms with van der Waals surface area (Å²) < 4.78 is 4.91. The van der Waals surface area contributed by atoms with Gasteiger partial charge in [-0.3, -0.25) is 9.59 Å². The van der Waals surface area contributed by atoms with Crippen molar-refractivity contribution < 1.29 is 24.2 Å². The van der Waals surface area contributed by atoms with Gasteiger partial charge in [0.2, 0.25) is 5.91 Å². The van der Waals surface area contributed by atoms with Gasteiger partial charge in [-0.2, -0.15) is 0 Å². The molecule has 0 atom stereocenters. The van der Waals surface area contributed by atoms with Gasteiger partial charge < -0.3 is 20.5 Å². The quantitative estimate of drug-likeness (QED) is 0.638. The summed E-state index contributed by atoms with van der Waals surface area (Å²) in [5.74, 6) is -1.46. The molecule has 3 N–H and O–H groups in total. The monoisotopic (exact) mass is 246 g/mol. The zero-order valence-electron chi connectivity index (χ0n) is 10.2. The van der Waals surface area contributed by atoms with Crippen LogP contribution in [0.5, 0.6) is 0 Å². The molecule has 0 saturated carbocycles. The standard InChI is InChI=1S/C10H18N2O5/c1-10(2,3)17-9(16)12-6-7(13)11-5-4-8(14)15/h4-6H2,1-3H3,(H,11,13)(H,12,16)(H,14,15). The van der Waals surface area contributed by atoms with Crippen LogP contribution in [0.3, 0.4) is 0 Å². The van der Waals surface area contributed by atoms with E-state index in [-0.39, 0.29) is 19.5 Å². The molecule has 0 rings (SSSR count). The van der Waals surface area contributed by atoms with E-state index in [2.05, 4.69) is 10.6 Å². The van der Waals surface area contributed by atoms with Crippen molar-refractivity contribution in [2.45, 2.75) is 32.8 Å². The predicted molar refractivity (Wildman–Crippen MR) is 59.5 cm³/mol. The van der Waals surface area contributed by atoms with E-state index in [1.54, 1.807) is 20.8 Å². The first-order valence-electron chi connectivity index (χ1n) is 5.16. The Morgan fingerprint density at radius 1 is 1.18 bits per heavy atom. The molecular formula is C10H18N2O5. The van der Waals surface area contributed by atoms with E-state index < -0.39 is 23.6 Å². The fourth-order valence-corrected chi connectivity index (χ4v) is 0.838. The molecule has 0 saturated heterocycles. The number of alkyl carbamates (subject to hydrolysis) is 1. The van der Waals surface area contributed by atoms with Crippen LogP contribution in [-0.4, -0.2) is 41.8 Å². The van der Waals surface area contributed by atoms with E-state index in [4.69, 9.17) is 9.84 Å². The molecular weight excluding hydrogens is 228 g/mol. The molecule has 98 valence electrons. The number of amides is 2. The summed E-state index contributed by atoms with van der Waals surface area (Å²) >= 11 is 0. The molecule has 0 unspecified atom stereocenters. The van der Waals surface area contributed by atoms with E-state index in [1.165, 1.54) is 0 Å². The van der Waals surface area contributed by atoms with Crippen molar-refractivity contribution in [1.82, 2.24) is 10.6 Å². The summed E-state index contributed by atoms with van der Waals surface area (Å²) in [6.07, 6.45) is -0.844. The van der Waals surface area contributed by atoms with Crippen LogP contribution >= 0.6 is 0 Å². The third-order valence-corrected chi connectivity index (χ3v) is 1.45. The molecule has 0 aliphatic rings. The molecule has 17 heavy (non-hydrogen) atoms. The molecule has 0 aliphatic heterocycles. The summed E-state index contributed by atoms with van der Waals surface area (Å²) in [6.45, 7) is 4.91. The number of hydrogen-bond acceptors (Lipinski definition) is 4. The lowest BCUT2D eigenvalue weighted by molar-refractivity contribution is -0.136. The maximum absolute atomic E-state index is 11.1. The Labute approximate surface area is 99.5 Å². The number of carboxylic acids is 1. The number of hydrogen-bond donors (Lipinski definition) is 3. The normalized spacial score (nSPS) is 10.5. The van der Waals surface area contributed by atoms with Gasteiger partial charge in [-0.25, -0.2) is 4.79 Å². The van der Waals surface area contributed by atoms with Gasteiger partial charge in [0.25, 0.3) is 0 Å². The van der Waals surface area contributed by atoms with Crippen LogP contribution in [0.15, 0.2) is 0 Å². The van der Waals surface area contributed by atoms with Gasteiger partial charge in [-0.1, -0.05) is 0 Å². The van der Waals surface area contributed by atoms with Crippen LogP contribution < -0.4 is 10.6 Å². The Balaban J connectivity index is 3.70. The summed E-state index contributed by atoms with van der Waals surface area (Å²) in [4.78, 5) is 32.4. The van der Waals surface area contributed by atoms with Gasteiger partial charge in [0.05, 0.1) is 13.0 Å². The highest BCUT2D eigenvalue weighted by Crippen LogP contribution is 2.05. The Morgan fingerprint density at radius 2 is 1.76 bits per heavy atom. The number of aliphatic carboxylic acids is 1. The number of nitrogens with one attached hydrogen (secondary N) is 2. The van der Waals surface area contributed by atoms with Crippen LogP contribution in [0.2, 0.25) is 0 Å². The first kappa shape index (κ1) is 15.2. The highest BCUT2D eigenvalue weighted by molar-refractivity contribution is 5.82. The third-order valence-electron chi connectivity index (χ3n) is 1.45. The Bertz CT molecular complexity index is 296. The number of carbonyl (C=O) groups excluding carboxylic acids is 2. The van der Waals surface area contributed by atoms with Crippen LogP contribution in [-0.2, 0) is 14.3 Å².